The number of hydrogen-bond acceptors (Lipinski definition) is 6. The van der Waals surface area contributed by atoms with Gasteiger partial charge in [0.1, 0.15) is 13.2 Å². The fourth-order valence-electron chi connectivity index (χ4n) is 7.66. The van der Waals surface area contributed by atoms with E-state index in [0.717, 1.165) is 96.3 Å². The molecule has 0 spiro atoms. The lowest BCUT2D eigenvalue weighted by Crippen LogP contribution is -2.30. The number of esters is 3. The van der Waals surface area contributed by atoms with E-state index in [0.29, 0.717) is 19.3 Å². The SMILES string of the molecule is CC/C=C\C/C=C\C/C=C\C/C=C\CCCCCCC(=O)OC(COC(=O)CCCCCCCCCC)COC(=O)CCCCCCCCCCC/C=C\CCCCCCCCCC. The van der Waals surface area contributed by atoms with E-state index in [4.69, 9.17) is 14.2 Å². The van der Waals surface area contributed by atoms with Crippen LogP contribution in [0, 0.1) is 0 Å². The molecule has 370 valence electrons. The van der Waals surface area contributed by atoms with Gasteiger partial charge in [-0.15, -0.1) is 0 Å². The second-order valence-electron chi connectivity index (χ2n) is 18.1. The average Bonchev–Trinajstić information content (AvgIpc) is 3.29. The van der Waals surface area contributed by atoms with Gasteiger partial charge in [-0.2, -0.15) is 0 Å². The van der Waals surface area contributed by atoms with Gasteiger partial charge in [-0.1, -0.05) is 229 Å². The monoisotopic (exact) mass is 895 g/mol. The van der Waals surface area contributed by atoms with Gasteiger partial charge < -0.3 is 14.2 Å². The van der Waals surface area contributed by atoms with Crippen LogP contribution in [0.25, 0.3) is 0 Å². The Morgan fingerprint density at radius 1 is 0.328 bits per heavy atom. The molecule has 0 aromatic rings. The zero-order chi connectivity index (χ0) is 46.5. The van der Waals surface area contributed by atoms with E-state index in [1.54, 1.807) is 0 Å². The van der Waals surface area contributed by atoms with Crippen LogP contribution in [0.4, 0.5) is 0 Å². The molecule has 0 aliphatic heterocycles. The summed E-state index contributed by atoms with van der Waals surface area (Å²) in [6.07, 6.45) is 65.1. The molecule has 0 saturated carbocycles. The topological polar surface area (TPSA) is 78.9 Å². The van der Waals surface area contributed by atoms with Crippen LogP contribution in [0.3, 0.4) is 0 Å². The van der Waals surface area contributed by atoms with Crippen molar-refractivity contribution in [2.45, 2.75) is 277 Å². The normalized spacial score (nSPS) is 12.5. The van der Waals surface area contributed by atoms with Crippen molar-refractivity contribution in [2.24, 2.45) is 0 Å². The third-order valence-corrected chi connectivity index (χ3v) is 11.8. The molecule has 0 aromatic carbocycles. The van der Waals surface area contributed by atoms with Gasteiger partial charge in [-0.3, -0.25) is 14.4 Å². The van der Waals surface area contributed by atoms with Crippen molar-refractivity contribution in [3.8, 4) is 0 Å². The van der Waals surface area contributed by atoms with Crippen LogP contribution >= 0.6 is 0 Å². The molecule has 0 fully saturated rings. The smallest absolute Gasteiger partial charge is 0.306 e. The van der Waals surface area contributed by atoms with Crippen molar-refractivity contribution in [3.05, 3.63) is 60.8 Å². The fraction of sp³-hybridized carbons (Fsp3) is 0.776. The van der Waals surface area contributed by atoms with E-state index in [2.05, 4.69) is 81.5 Å². The second kappa shape index (κ2) is 52.7. The molecule has 0 rings (SSSR count). The van der Waals surface area contributed by atoms with Crippen LogP contribution < -0.4 is 0 Å². The first-order valence-electron chi connectivity index (χ1n) is 27.3. The molecular weight excluding hydrogens is 793 g/mol. The number of carbonyl (C=O) groups is 3. The average molecular weight is 895 g/mol. The number of allylic oxidation sites excluding steroid dienone is 10. The van der Waals surface area contributed by atoms with Crippen molar-refractivity contribution < 1.29 is 28.6 Å². The number of carbonyl (C=O) groups excluding carboxylic acids is 3. The van der Waals surface area contributed by atoms with Crippen molar-refractivity contribution in [2.75, 3.05) is 13.2 Å². The van der Waals surface area contributed by atoms with Crippen LogP contribution in [0.1, 0.15) is 271 Å². The van der Waals surface area contributed by atoms with Gasteiger partial charge in [-0.05, 0) is 83.5 Å². The van der Waals surface area contributed by atoms with E-state index in [1.807, 2.05) is 0 Å². The molecular formula is C58H102O6. The highest BCUT2D eigenvalue weighted by molar-refractivity contribution is 5.71. The van der Waals surface area contributed by atoms with Gasteiger partial charge in [0.25, 0.3) is 0 Å². The van der Waals surface area contributed by atoms with Crippen molar-refractivity contribution in [3.63, 3.8) is 0 Å². The molecule has 0 N–H and O–H groups in total. The molecule has 64 heavy (non-hydrogen) atoms. The summed E-state index contributed by atoms with van der Waals surface area (Å²) in [6, 6.07) is 0. The van der Waals surface area contributed by atoms with Crippen LogP contribution in [0.15, 0.2) is 60.8 Å². The van der Waals surface area contributed by atoms with Crippen LogP contribution in [-0.4, -0.2) is 37.2 Å². The molecule has 0 radical (unpaired) electrons. The van der Waals surface area contributed by atoms with Crippen LogP contribution in [0.5, 0.6) is 0 Å². The lowest BCUT2D eigenvalue weighted by Gasteiger charge is -2.18. The standard InChI is InChI=1S/C58H102O6/c1-4-7-10-13-16-19-21-23-25-27-28-29-30-32-33-35-37-39-42-45-48-51-57(60)63-54-55(53-62-56(59)50-47-44-41-18-15-12-9-6-3)64-58(61)52-49-46-43-40-38-36-34-31-26-24-22-20-17-14-11-8-5-2/h8,11,17,20,24,26-28,34,36,55H,4-7,9-10,12-16,18-19,21-23,25,29-33,35,37-54H2,1-3H3/b11-8-,20-17-,26-24-,28-27-,36-34-. The highest BCUT2D eigenvalue weighted by atomic mass is 16.6. The summed E-state index contributed by atoms with van der Waals surface area (Å²) in [5, 5.41) is 0. The van der Waals surface area contributed by atoms with Gasteiger partial charge >= 0.3 is 17.9 Å². The Kier molecular flexibility index (Phi) is 50.4. The lowest BCUT2D eigenvalue weighted by atomic mass is 10.1. The first-order valence-corrected chi connectivity index (χ1v) is 27.3. The van der Waals surface area contributed by atoms with Gasteiger partial charge in [0, 0.05) is 19.3 Å². The summed E-state index contributed by atoms with van der Waals surface area (Å²) >= 11 is 0. The van der Waals surface area contributed by atoms with Gasteiger partial charge in [0.2, 0.25) is 0 Å². The van der Waals surface area contributed by atoms with E-state index < -0.39 is 6.10 Å². The van der Waals surface area contributed by atoms with Gasteiger partial charge in [0.05, 0.1) is 0 Å². The molecule has 6 heteroatoms. The van der Waals surface area contributed by atoms with Crippen molar-refractivity contribution in [1.82, 2.24) is 0 Å². The molecule has 0 saturated heterocycles. The zero-order valence-corrected chi connectivity index (χ0v) is 42.3. The van der Waals surface area contributed by atoms with Gasteiger partial charge in [0.15, 0.2) is 6.10 Å². The number of hydrogen-bond donors (Lipinski definition) is 0. The van der Waals surface area contributed by atoms with Gasteiger partial charge in [-0.25, -0.2) is 0 Å². The maximum absolute atomic E-state index is 12.8. The molecule has 0 aliphatic rings. The Bertz CT molecular complexity index is 1170. The van der Waals surface area contributed by atoms with Crippen LogP contribution in [0.2, 0.25) is 0 Å². The molecule has 0 aliphatic carbocycles. The molecule has 0 aromatic heterocycles. The molecule has 0 bridgehead atoms. The lowest BCUT2D eigenvalue weighted by molar-refractivity contribution is -0.167. The Balaban J connectivity index is 4.27. The van der Waals surface area contributed by atoms with Crippen LogP contribution in [-0.2, 0) is 28.6 Å². The third-order valence-electron chi connectivity index (χ3n) is 11.8. The molecule has 6 nitrogen and oxygen atoms in total. The zero-order valence-electron chi connectivity index (χ0n) is 42.3. The minimum atomic E-state index is -0.784. The molecule has 0 heterocycles. The third kappa shape index (κ3) is 50.1. The first-order chi connectivity index (χ1) is 31.5. The Hall–Kier alpha value is -2.89. The Morgan fingerprint density at radius 2 is 0.609 bits per heavy atom. The largest absolute Gasteiger partial charge is 0.462 e. The summed E-state index contributed by atoms with van der Waals surface area (Å²) in [7, 11) is 0. The number of rotatable bonds is 49. The van der Waals surface area contributed by atoms with Crippen molar-refractivity contribution >= 4 is 17.9 Å². The van der Waals surface area contributed by atoms with E-state index in [1.165, 1.54) is 135 Å². The minimum absolute atomic E-state index is 0.0835. The molecule has 0 amide bonds. The molecule has 1 atom stereocenters. The van der Waals surface area contributed by atoms with E-state index in [9.17, 15) is 14.4 Å². The molecule has 1 unspecified atom stereocenters. The van der Waals surface area contributed by atoms with E-state index in [-0.39, 0.29) is 31.1 Å². The summed E-state index contributed by atoms with van der Waals surface area (Å²) < 4.78 is 16.8. The number of ether oxygens (including phenoxy) is 3. The maximum Gasteiger partial charge on any atom is 0.306 e. The number of unbranched alkanes of at least 4 members (excludes halogenated alkanes) is 28. The Labute approximate surface area is 396 Å². The first kappa shape index (κ1) is 61.1. The second-order valence-corrected chi connectivity index (χ2v) is 18.1. The maximum atomic E-state index is 12.8. The predicted molar refractivity (Wildman–Crippen MR) is 275 cm³/mol. The summed E-state index contributed by atoms with van der Waals surface area (Å²) in [6.45, 7) is 6.49. The predicted octanol–water partition coefficient (Wildman–Crippen LogP) is 18.0. The van der Waals surface area contributed by atoms with Crippen molar-refractivity contribution in [1.29, 1.82) is 0 Å². The fourth-order valence-corrected chi connectivity index (χ4v) is 7.66. The Morgan fingerprint density at radius 3 is 0.969 bits per heavy atom. The van der Waals surface area contributed by atoms with E-state index >= 15 is 0 Å². The quantitative estimate of drug-likeness (QED) is 0.0262. The summed E-state index contributed by atoms with van der Waals surface area (Å²) in [4.78, 5) is 37.9. The minimum Gasteiger partial charge on any atom is -0.462 e. The summed E-state index contributed by atoms with van der Waals surface area (Å²) in [5.74, 6) is -0.907. The highest BCUT2D eigenvalue weighted by Gasteiger charge is 2.19. The summed E-state index contributed by atoms with van der Waals surface area (Å²) in [5.41, 5.74) is 0. The highest BCUT2D eigenvalue weighted by Crippen LogP contribution is 2.15.